The smallest absolute Gasteiger partial charge is 0.244 e. The van der Waals surface area contributed by atoms with E-state index in [2.05, 4.69) is 5.32 Å². The molecule has 6 heteroatoms. The van der Waals surface area contributed by atoms with Gasteiger partial charge in [0.1, 0.15) is 23.1 Å². The van der Waals surface area contributed by atoms with Gasteiger partial charge in [0.25, 0.3) is 0 Å². The van der Waals surface area contributed by atoms with Gasteiger partial charge < -0.3 is 19.5 Å². The molecular formula is C19H20FNO4. The van der Waals surface area contributed by atoms with E-state index < -0.39 is 0 Å². The number of amides is 1. The van der Waals surface area contributed by atoms with Gasteiger partial charge in [0, 0.05) is 18.2 Å². The van der Waals surface area contributed by atoms with Crippen molar-refractivity contribution in [2.75, 3.05) is 21.3 Å². The van der Waals surface area contributed by atoms with Gasteiger partial charge in [0.05, 0.1) is 33.4 Å². The molecule has 0 saturated carbocycles. The molecule has 2 aromatic carbocycles. The van der Waals surface area contributed by atoms with E-state index in [4.69, 9.17) is 14.2 Å². The van der Waals surface area contributed by atoms with Crippen LogP contribution >= 0.6 is 0 Å². The van der Waals surface area contributed by atoms with Gasteiger partial charge >= 0.3 is 0 Å². The molecule has 0 atom stereocenters. The molecule has 0 bridgehead atoms. The van der Waals surface area contributed by atoms with Crippen molar-refractivity contribution in [3.63, 3.8) is 0 Å². The highest BCUT2D eigenvalue weighted by molar-refractivity contribution is 5.91. The van der Waals surface area contributed by atoms with Crippen molar-refractivity contribution in [1.82, 2.24) is 5.32 Å². The third kappa shape index (κ3) is 4.97. The zero-order chi connectivity index (χ0) is 18.2. The Kier molecular flexibility index (Phi) is 6.39. The van der Waals surface area contributed by atoms with E-state index in [0.29, 0.717) is 22.8 Å². The van der Waals surface area contributed by atoms with Gasteiger partial charge in [0.2, 0.25) is 5.91 Å². The molecule has 0 spiro atoms. The normalized spacial score (nSPS) is 10.6. The standard InChI is InChI=1S/C19H20FNO4/c1-23-15-10-17(24-2)16(18(11-15)25-3)12-21-19(22)9-6-13-4-7-14(20)8-5-13/h4-11H,12H2,1-3H3,(H,21,22). The number of benzene rings is 2. The van der Waals surface area contributed by atoms with Crippen molar-refractivity contribution in [2.45, 2.75) is 6.54 Å². The lowest BCUT2D eigenvalue weighted by Crippen LogP contribution is -2.21. The van der Waals surface area contributed by atoms with Gasteiger partial charge in [-0.15, -0.1) is 0 Å². The maximum absolute atomic E-state index is 12.9. The molecule has 0 unspecified atom stereocenters. The zero-order valence-corrected chi connectivity index (χ0v) is 14.3. The van der Waals surface area contributed by atoms with Gasteiger partial charge in [-0.2, -0.15) is 0 Å². The monoisotopic (exact) mass is 345 g/mol. The SMILES string of the molecule is COc1cc(OC)c(CNC(=O)C=Cc2ccc(F)cc2)c(OC)c1. The second kappa shape index (κ2) is 8.73. The molecule has 2 rings (SSSR count). The summed E-state index contributed by atoms with van der Waals surface area (Å²) < 4.78 is 28.7. The molecule has 0 heterocycles. The molecule has 2 aromatic rings. The van der Waals surface area contributed by atoms with E-state index in [1.165, 1.54) is 32.4 Å². The van der Waals surface area contributed by atoms with Crippen LogP contribution in [0.4, 0.5) is 4.39 Å². The Morgan fingerprint density at radius 3 is 2.16 bits per heavy atom. The molecule has 5 nitrogen and oxygen atoms in total. The number of methoxy groups -OCH3 is 3. The second-order valence-corrected chi connectivity index (χ2v) is 5.11. The van der Waals surface area contributed by atoms with Gasteiger partial charge in [0.15, 0.2) is 0 Å². The molecule has 0 saturated heterocycles. The first-order valence-electron chi connectivity index (χ1n) is 7.57. The fraction of sp³-hybridized carbons (Fsp3) is 0.211. The molecule has 25 heavy (non-hydrogen) atoms. The van der Waals surface area contributed by atoms with Crippen LogP contribution in [0.25, 0.3) is 6.08 Å². The Hall–Kier alpha value is -3.02. The third-order valence-corrected chi connectivity index (χ3v) is 3.55. The highest BCUT2D eigenvalue weighted by atomic mass is 19.1. The molecule has 0 aliphatic rings. The summed E-state index contributed by atoms with van der Waals surface area (Å²) in [6, 6.07) is 9.30. The average molecular weight is 345 g/mol. The number of carbonyl (C=O) groups excluding carboxylic acids is 1. The highest BCUT2D eigenvalue weighted by Gasteiger charge is 2.13. The van der Waals surface area contributed by atoms with E-state index in [1.807, 2.05) is 0 Å². The van der Waals surface area contributed by atoms with Crippen LogP contribution in [0.2, 0.25) is 0 Å². The Labute approximate surface area is 146 Å². The van der Waals surface area contributed by atoms with Crippen molar-refractivity contribution < 1.29 is 23.4 Å². The number of nitrogens with one attached hydrogen (secondary N) is 1. The summed E-state index contributed by atoms with van der Waals surface area (Å²) in [5.41, 5.74) is 1.44. The minimum atomic E-state index is -0.319. The van der Waals surface area contributed by atoms with Gasteiger partial charge in [-0.3, -0.25) is 4.79 Å². The van der Waals surface area contributed by atoms with Crippen LogP contribution < -0.4 is 19.5 Å². The summed E-state index contributed by atoms with van der Waals surface area (Å²) >= 11 is 0. The second-order valence-electron chi connectivity index (χ2n) is 5.11. The van der Waals surface area contributed by atoms with Crippen molar-refractivity contribution in [2.24, 2.45) is 0 Å². The molecule has 132 valence electrons. The van der Waals surface area contributed by atoms with Crippen molar-refractivity contribution in [3.8, 4) is 17.2 Å². The van der Waals surface area contributed by atoms with Crippen LogP contribution in [-0.2, 0) is 11.3 Å². The number of hydrogen-bond donors (Lipinski definition) is 1. The number of halogens is 1. The number of rotatable bonds is 7. The van der Waals surface area contributed by atoms with Crippen LogP contribution in [0.3, 0.4) is 0 Å². The molecule has 0 aliphatic carbocycles. The number of carbonyl (C=O) groups is 1. The van der Waals surface area contributed by atoms with Gasteiger partial charge in [-0.1, -0.05) is 12.1 Å². The average Bonchev–Trinajstić information content (AvgIpc) is 2.65. The molecule has 1 amide bonds. The predicted octanol–water partition coefficient (Wildman–Crippen LogP) is 3.18. The Morgan fingerprint density at radius 2 is 1.64 bits per heavy atom. The Balaban J connectivity index is 2.07. The quantitative estimate of drug-likeness (QED) is 0.783. The van der Waals surface area contributed by atoms with Crippen LogP contribution in [-0.4, -0.2) is 27.2 Å². The lowest BCUT2D eigenvalue weighted by Gasteiger charge is -2.15. The first kappa shape index (κ1) is 18.3. The number of ether oxygens (including phenoxy) is 3. The highest BCUT2D eigenvalue weighted by Crippen LogP contribution is 2.33. The van der Waals surface area contributed by atoms with E-state index in [1.54, 1.807) is 37.5 Å². The lowest BCUT2D eigenvalue weighted by molar-refractivity contribution is -0.116. The molecule has 0 aromatic heterocycles. The fourth-order valence-corrected chi connectivity index (χ4v) is 2.23. The van der Waals surface area contributed by atoms with E-state index >= 15 is 0 Å². The summed E-state index contributed by atoms with van der Waals surface area (Å²) in [5.74, 6) is 1.10. The van der Waals surface area contributed by atoms with Crippen LogP contribution in [0.5, 0.6) is 17.2 Å². The lowest BCUT2D eigenvalue weighted by atomic mass is 10.1. The summed E-state index contributed by atoms with van der Waals surface area (Å²) in [6.45, 7) is 0.225. The predicted molar refractivity (Wildman–Crippen MR) is 93.4 cm³/mol. The molecule has 0 aliphatic heterocycles. The van der Waals surface area contributed by atoms with Crippen LogP contribution in [0.15, 0.2) is 42.5 Å². The minimum absolute atomic E-state index is 0.225. The fourth-order valence-electron chi connectivity index (χ4n) is 2.23. The van der Waals surface area contributed by atoms with E-state index in [-0.39, 0.29) is 18.3 Å². The first-order valence-corrected chi connectivity index (χ1v) is 7.57. The third-order valence-electron chi connectivity index (χ3n) is 3.55. The maximum atomic E-state index is 12.9. The summed E-state index contributed by atoms with van der Waals surface area (Å²) in [7, 11) is 4.62. The van der Waals surface area contributed by atoms with Crippen molar-refractivity contribution in [1.29, 1.82) is 0 Å². The Morgan fingerprint density at radius 1 is 1.04 bits per heavy atom. The van der Waals surface area contributed by atoms with Gasteiger partial charge in [-0.25, -0.2) is 4.39 Å². The molecular weight excluding hydrogens is 325 g/mol. The largest absolute Gasteiger partial charge is 0.496 e. The van der Waals surface area contributed by atoms with Gasteiger partial charge in [-0.05, 0) is 23.8 Å². The summed E-state index contributed by atoms with van der Waals surface area (Å²) in [5, 5.41) is 2.77. The summed E-state index contributed by atoms with van der Waals surface area (Å²) in [6.07, 6.45) is 2.99. The van der Waals surface area contributed by atoms with E-state index in [0.717, 1.165) is 5.56 Å². The van der Waals surface area contributed by atoms with E-state index in [9.17, 15) is 9.18 Å². The minimum Gasteiger partial charge on any atom is -0.496 e. The topological polar surface area (TPSA) is 56.8 Å². The first-order chi connectivity index (χ1) is 12.1. The summed E-state index contributed by atoms with van der Waals surface area (Å²) in [4.78, 5) is 12.0. The Bertz CT molecular complexity index is 732. The van der Waals surface area contributed by atoms with Crippen LogP contribution in [0, 0.1) is 5.82 Å². The maximum Gasteiger partial charge on any atom is 0.244 e. The zero-order valence-electron chi connectivity index (χ0n) is 14.3. The molecule has 1 N–H and O–H groups in total. The molecule has 0 radical (unpaired) electrons. The molecule has 0 fully saturated rings. The van der Waals surface area contributed by atoms with Crippen molar-refractivity contribution in [3.05, 3.63) is 59.4 Å². The van der Waals surface area contributed by atoms with Crippen LogP contribution in [0.1, 0.15) is 11.1 Å². The van der Waals surface area contributed by atoms with Crippen molar-refractivity contribution >= 4 is 12.0 Å². The number of hydrogen-bond acceptors (Lipinski definition) is 4.